The molecule has 1 heterocycles. The van der Waals surface area contributed by atoms with Crippen molar-refractivity contribution in [2.24, 2.45) is 0 Å². The molecule has 0 aromatic rings. The molecule has 0 amide bonds. The van der Waals surface area contributed by atoms with Crippen LogP contribution in [0.5, 0.6) is 0 Å². The van der Waals surface area contributed by atoms with Crippen LogP contribution in [-0.2, 0) is 31.0 Å². The predicted octanol–water partition coefficient (Wildman–Crippen LogP) is 3.98. The van der Waals surface area contributed by atoms with Gasteiger partial charge >= 0.3 is 33.9 Å². The number of fused-ring (bicyclic) bond motifs is 2. The SMILES string of the molecule is C1CCC2=C3CCCCC3=P[C]2C1.[C-]#[O+].[C-]#[O+].[C-]#[O+].[Mn]. The summed E-state index contributed by atoms with van der Waals surface area (Å²) in [6, 6.07) is 0. The van der Waals surface area contributed by atoms with Gasteiger partial charge in [0.15, 0.2) is 0 Å². The summed E-state index contributed by atoms with van der Waals surface area (Å²) in [6.07, 6.45) is 11.4. The minimum Gasteiger partial charge on any atom is 0 e. The van der Waals surface area contributed by atoms with Gasteiger partial charge in [-0.15, -0.1) is 0 Å². The van der Waals surface area contributed by atoms with E-state index >= 15 is 0 Å². The van der Waals surface area contributed by atoms with Crippen molar-refractivity contribution in [2.45, 2.75) is 51.4 Å². The van der Waals surface area contributed by atoms with Crippen molar-refractivity contribution in [1.82, 2.24) is 0 Å². The molecule has 3 nitrogen and oxygen atoms in total. The smallest absolute Gasteiger partial charge is 0 e. The van der Waals surface area contributed by atoms with Gasteiger partial charge in [0.2, 0.25) is 0 Å². The Morgan fingerprint density at radius 1 is 0.650 bits per heavy atom. The number of hydrogen-bond donors (Lipinski definition) is 0. The van der Waals surface area contributed by atoms with Crippen LogP contribution in [-0.4, -0.2) is 5.29 Å². The topological polar surface area (TPSA) is 59.7 Å². The van der Waals surface area contributed by atoms with Crippen LogP contribution in [0.4, 0.5) is 0 Å². The quantitative estimate of drug-likeness (QED) is 0.279. The van der Waals surface area contributed by atoms with Crippen LogP contribution in [0.3, 0.4) is 0 Å². The summed E-state index contributed by atoms with van der Waals surface area (Å²) in [5.74, 6) is 0. The van der Waals surface area contributed by atoms with E-state index in [1.165, 1.54) is 51.4 Å². The van der Waals surface area contributed by atoms with Crippen LogP contribution in [0.1, 0.15) is 51.4 Å². The molecule has 1 aliphatic heterocycles. The normalized spacial score (nSPS) is 19.6. The van der Waals surface area contributed by atoms with E-state index in [-0.39, 0.29) is 17.1 Å². The Morgan fingerprint density at radius 3 is 1.70 bits per heavy atom. The maximum absolute atomic E-state index is 7.50. The minimum atomic E-state index is 0. The van der Waals surface area contributed by atoms with E-state index in [9.17, 15) is 0 Å². The first-order valence-electron chi connectivity index (χ1n) is 6.22. The first-order chi connectivity index (χ1) is 9.45. The molecule has 0 aromatic carbocycles. The van der Waals surface area contributed by atoms with Gasteiger partial charge in [-0.1, -0.05) is 20.2 Å². The molecular formula is C15H16MnO3P. The van der Waals surface area contributed by atoms with E-state index in [1.807, 2.05) is 11.1 Å². The molecule has 0 N–H and O–H groups in total. The van der Waals surface area contributed by atoms with Gasteiger partial charge < -0.3 is 0 Å². The van der Waals surface area contributed by atoms with Crippen molar-refractivity contribution in [2.75, 3.05) is 0 Å². The van der Waals surface area contributed by atoms with Crippen LogP contribution in [0.25, 0.3) is 0 Å². The van der Waals surface area contributed by atoms with Crippen molar-refractivity contribution in [1.29, 1.82) is 0 Å². The summed E-state index contributed by atoms with van der Waals surface area (Å²) in [4.78, 5) is 0. The molecule has 106 valence electrons. The Labute approximate surface area is 133 Å². The van der Waals surface area contributed by atoms with Gasteiger partial charge in [-0.05, 0) is 55.8 Å². The molecule has 0 bridgehead atoms. The molecule has 0 spiro atoms. The first kappa shape index (κ1) is 21.9. The van der Waals surface area contributed by atoms with Crippen molar-refractivity contribution in [3.8, 4) is 0 Å². The Balaban J connectivity index is 0. The van der Waals surface area contributed by atoms with Gasteiger partial charge in [0.25, 0.3) is 0 Å². The fourth-order valence-corrected chi connectivity index (χ4v) is 4.47. The van der Waals surface area contributed by atoms with Crippen molar-refractivity contribution in [3.05, 3.63) is 36.8 Å². The Kier molecular flexibility index (Phi) is 14.9. The molecule has 0 aromatic heterocycles. The summed E-state index contributed by atoms with van der Waals surface area (Å²) in [5.41, 5.74) is 5.42. The molecule has 2 radical (unpaired) electrons. The third kappa shape index (κ3) is 5.57. The predicted molar refractivity (Wildman–Crippen MR) is 70.9 cm³/mol. The zero-order valence-corrected chi connectivity index (χ0v) is 13.3. The Bertz CT molecular complexity index is 393. The number of hydrogen-bond acceptors (Lipinski definition) is 0. The zero-order valence-electron chi connectivity index (χ0n) is 11.2. The number of allylic oxidation sites excluding steroid dienone is 2. The molecule has 0 unspecified atom stereocenters. The van der Waals surface area contributed by atoms with Crippen molar-refractivity contribution >= 4 is 13.5 Å². The Morgan fingerprint density at radius 2 is 1.10 bits per heavy atom. The van der Waals surface area contributed by atoms with Crippen LogP contribution in [0.2, 0.25) is 0 Å². The standard InChI is InChI=1S/C12H16P.3CO.Mn/c1-3-7-11-9(5-1)10-6-2-4-8-12(10)13-11;3*1-2;/h1-8H2;;;;. The molecule has 20 heavy (non-hydrogen) atoms. The Hall–Kier alpha value is -0.351. The second kappa shape index (κ2) is 13.6. The second-order valence-electron chi connectivity index (χ2n) is 4.38. The van der Waals surface area contributed by atoms with Crippen LogP contribution >= 0.6 is 8.20 Å². The molecular weight excluding hydrogens is 314 g/mol. The van der Waals surface area contributed by atoms with E-state index in [2.05, 4.69) is 20.0 Å². The number of rotatable bonds is 0. The monoisotopic (exact) mass is 330 g/mol. The maximum Gasteiger partial charge on any atom is 0 e. The van der Waals surface area contributed by atoms with Crippen LogP contribution in [0.15, 0.2) is 11.1 Å². The van der Waals surface area contributed by atoms with Crippen LogP contribution in [0, 0.1) is 25.6 Å². The maximum atomic E-state index is 7.50. The average molecular weight is 330 g/mol. The van der Waals surface area contributed by atoms with E-state index in [4.69, 9.17) is 14.0 Å². The van der Waals surface area contributed by atoms with Gasteiger partial charge in [0, 0.05) is 17.1 Å². The van der Waals surface area contributed by atoms with E-state index in [1.54, 1.807) is 19.2 Å². The second-order valence-corrected chi connectivity index (χ2v) is 5.68. The van der Waals surface area contributed by atoms with E-state index < -0.39 is 0 Å². The van der Waals surface area contributed by atoms with Gasteiger partial charge in [-0.3, -0.25) is 0 Å². The molecule has 2 fully saturated rings. The van der Waals surface area contributed by atoms with Crippen molar-refractivity contribution < 1.29 is 31.0 Å². The fraction of sp³-hybridized carbons (Fsp3) is 0.533. The fourth-order valence-electron chi connectivity index (χ4n) is 2.84. The average Bonchev–Trinajstić information content (AvgIpc) is 2.92. The third-order valence-corrected chi connectivity index (χ3v) is 5.04. The largest absolute Gasteiger partial charge is 0 e. The summed E-state index contributed by atoms with van der Waals surface area (Å²) in [5, 5.41) is 1.80. The summed E-state index contributed by atoms with van der Waals surface area (Å²) in [6.45, 7) is 13.5. The van der Waals surface area contributed by atoms with Crippen molar-refractivity contribution in [3.63, 3.8) is 0 Å². The van der Waals surface area contributed by atoms with Crippen LogP contribution < -0.4 is 0 Å². The molecule has 0 saturated heterocycles. The third-order valence-electron chi connectivity index (χ3n) is 3.51. The van der Waals surface area contributed by atoms with E-state index in [0.717, 1.165) is 0 Å². The first-order valence-corrected chi connectivity index (χ1v) is 7.12. The minimum absolute atomic E-state index is 0. The summed E-state index contributed by atoms with van der Waals surface area (Å²) < 4.78 is 22.5. The molecule has 0 atom stereocenters. The zero-order chi connectivity index (χ0) is 14.7. The summed E-state index contributed by atoms with van der Waals surface area (Å²) in [7, 11) is 1.63. The van der Waals surface area contributed by atoms with Gasteiger partial charge in [0.1, 0.15) is 0 Å². The summed E-state index contributed by atoms with van der Waals surface area (Å²) >= 11 is 0. The molecule has 5 heteroatoms. The van der Waals surface area contributed by atoms with Gasteiger partial charge in [-0.25, -0.2) is 0 Å². The van der Waals surface area contributed by atoms with E-state index in [0.29, 0.717) is 0 Å². The molecule has 2 saturated carbocycles. The molecule has 2 aliphatic carbocycles. The molecule has 3 rings (SSSR count). The van der Waals surface area contributed by atoms with Gasteiger partial charge in [0.05, 0.1) is 5.66 Å². The molecule has 3 aliphatic rings. The van der Waals surface area contributed by atoms with Gasteiger partial charge in [-0.2, -0.15) is 0 Å².